The first kappa shape index (κ1) is 11.5. The highest BCUT2D eigenvalue weighted by Gasteiger charge is 2.20. The summed E-state index contributed by atoms with van der Waals surface area (Å²) in [7, 11) is 0. The molecule has 1 heterocycles. The molecule has 13 heavy (non-hydrogen) atoms. The van der Waals surface area contributed by atoms with Gasteiger partial charge in [-0.05, 0) is 37.5 Å². The Bertz CT molecular complexity index is 130. The quantitative estimate of drug-likeness (QED) is 0.676. The minimum atomic E-state index is 0.557. The van der Waals surface area contributed by atoms with Crippen LogP contribution >= 0.6 is 15.9 Å². The van der Waals surface area contributed by atoms with Crippen molar-refractivity contribution in [3.63, 3.8) is 0 Å². The molecule has 1 saturated heterocycles. The van der Waals surface area contributed by atoms with E-state index in [2.05, 4.69) is 29.8 Å². The molecule has 1 aliphatic rings. The molecule has 0 aromatic heterocycles. The molecule has 2 atom stereocenters. The van der Waals surface area contributed by atoms with Gasteiger partial charge < -0.3 is 4.74 Å². The van der Waals surface area contributed by atoms with E-state index < -0.39 is 0 Å². The molecule has 1 fully saturated rings. The molecule has 1 rings (SSSR count). The van der Waals surface area contributed by atoms with Crippen molar-refractivity contribution < 1.29 is 4.74 Å². The van der Waals surface area contributed by atoms with Crippen molar-refractivity contribution in [1.82, 2.24) is 0 Å². The van der Waals surface area contributed by atoms with Crippen molar-refractivity contribution in [2.45, 2.75) is 45.6 Å². The number of hydrogen-bond donors (Lipinski definition) is 0. The molecule has 78 valence electrons. The van der Waals surface area contributed by atoms with Crippen LogP contribution in [0.15, 0.2) is 0 Å². The Labute approximate surface area is 90.4 Å². The number of alkyl halides is 1. The van der Waals surface area contributed by atoms with E-state index in [0.717, 1.165) is 23.8 Å². The lowest BCUT2D eigenvalue weighted by molar-refractivity contribution is 0.0897. The highest BCUT2D eigenvalue weighted by atomic mass is 79.9. The van der Waals surface area contributed by atoms with E-state index in [4.69, 9.17) is 4.74 Å². The van der Waals surface area contributed by atoms with Crippen LogP contribution in [0, 0.1) is 11.8 Å². The van der Waals surface area contributed by atoms with Gasteiger partial charge >= 0.3 is 0 Å². The Morgan fingerprint density at radius 1 is 1.46 bits per heavy atom. The lowest BCUT2D eigenvalue weighted by atomic mass is 9.93. The highest BCUT2D eigenvalue weighted by molar-refractivity contribution is 9.09. The molecule has 0 aromatic carbocycles. The second-order valence-corrected chi connectivity index (χ2v) is 5.17. The fourth-order valence-corrected chi connectivity index (χ4v) is 2.62. The van der Waals surface area contributed by atoms with Gasteiger partial charge in [-0.15, -0.1) is 0 Å². The summed E-state index contributed by atoms with van der Waals surface area (Å²) in [5.41, 5.74) is 0. The lowest BCUT2D eigenvalue weighted by Gasteiger charge is -2.19. The van der Waals surface area contributed by atoms with Crippen molar-refractivity contribution in [2.24, 2.45) is 11.8 Å². The Morgan fingerprint density at radius 3 is 2.69 bits per heavy atom. The molecule has 0 radical (unpaired) electrons. The van der Waals surface area contributed by atoms with Crippen LogP contribution in [0.2, 0.25) is 0 Å². The summed E-state index contributed by atoms with van der Waals surface area (Å²) < 4.78 is 5.65. The van der Waals surface area contributed by atoms with Gasteiger partial charge in [-0.1, -0.05) is 29.8 Å². The third kappa shape index (κ3) is 4.46. The second-order valence-electron chi connectivity index (χ2n) is 4.52. The van der Waals surface area contributed by atoms with Crippen LogP contribution in [0.5, 0.6) is 0 Å². The summed E-state index contributed by atoms with van der Waals surface area (Å²) in [6, 6.07) is 0. The molecule has 0 saturated carbocycles. The molecule has 0 aliphatic carbocycles. The van der Waals surface area contributed by atoms with Crippen LogP contribution in [-0.2, 0) is 4.74 Å². The van der Waals surface area contributed by atoms with Crippen molar-refractivity contribution >= 4 is 15.9 Å². The van der Waals surface area contributed by atoms with Crippen molar-refractivity contribution in [2.75, 3.05) is 11.9 Å². The maximum Gasteiger partial charge on any atom is 0.0578 e. The van der Waals surface area contributed by atoms with E-state index in [1.165, 1.54) is 25.7 Å². The predicted molar refractivity (Wildman–Crippen MR) is 60.3 cm³/mol. The van der Waals surface area contributed by atoms with E-state index in [1.54, 1.807) is 0 Å². The van der Waals surface area contributed by atoms with Gasteiger partial charge in [0.05, 0.1) is 6.10 Å². The fraction of sp³-hybridized carbons (Fsp3) is 1.00. The first-order valence-corrected chi connectivity index (χ1v) is 6.52. The number of hydrogen-bond acceptors (Lipinski definition) is 1. The summed E-state index contributed by atoms with van der Waals surface area (Å²) in [5, 5.41) is 1.13. The topological polar surface area (TPSA) is 9.23 Å². The van der Waals surface area contributed by atoms with Gasteiger partial charge in [0.2, 0.25) is 0 Å². The van der Waals surface area contributed by atoms with Gasteiger partial charge in [0.25, 0.3) is 0 Å². The Hall–Kier alpha value is 0.440. The maximum absolute atomic E-state index is 5.65. The zero-order chi connectivity index (χ0) is 9.68. The van der Waals surface area contributed by atoms with Crippen LogP contribution in [0.1, 0.15) is 39.5 Å². The Morgan fingerprint density at radius 2 is 2.23 bits per heavy atom. The van der Waals surface area contributed by atoms with E-state index in [1.807, 2.05) is 0 Å². The maximum atomic E-state index is 5.65. The van der Waals surface area contributed by atoms with Crippen LogP contribution in [0.4, 0.5) is 0 Å². The summed E-state index contributed by atoms with van der Waals surface area (Å²) in [6.07, 6.45) is 5.68. The highest BCUT2D eigenvalue weighted by Crippen LogP contribution is 2.25. The summed E-state index contributed by atoms with van der Waals surface area (Å²) >= 11 is 3.60. The standard InChI is InChI=1S/C11H21BrO/c1-9(2)6-10(8-12)7-11-4-3-5-13-11/h9-11H,3-8H2,1-2H3. The molecule has 0 bridgehead atoms. The molecule has 0 amide bonds. The van der Waals surface area contributed by atoms with E-state index >= 15 is 0 Å². The minimum absolute atomic E-state index is 0.557. The molecule has 1 aliphatic heterocycles. The zero-order valence-electron chi connectivity index (χ0n) is 8.76. The number of rotatable bonds is 5. The molecule has 2 unspecified atom stereocenters. The third-order valence-electron chi connectivity index (χ3n) is 2.64. The molecule has 0 spiro atoms. The molecule has 0 N–H and O–H groups in total. The van der Waals surface area contributed by atoms with Crippen LogP contribution in [0.3, 0.4) is 0 Å². The smallest absolute Gasteiger partial charge is 0.0578 e. The summed E-state index contributed by atoms with van der Waals surface area (Å²) in [6.45, 7) is 5.58. The van der Waals surface area contributed by atoms with Crippen LogP contribution in [-0.4, -0.2) is 18.0 Å². The van der Waals surface area contributed by atoms with Gasteiger partial charge in [-0.25, -0.2) is 0 Å². The van der Waals surface area contributed by atoms with E-state index in [0.29, 0.717) is 6.10 Å². The Kier molecular flexibility index (Phi) is 5.34. The third-order valence-corrected chi connectivity index (χ3v) is 3.56. The molecular weight excluding hydrogens is 228 g/mol. The average Bonchev–Trinajstić information content (AvgIpc) is 2.55. The van der Waals surface area contributed by atoms with Crippen molar-refractivity contribution in [3.8, 4) is 0 Å². The number of ether oxygens (including phenoxy) is 1. The normalized spacial score (nSPS) is 25.4. The van der Waals surface area contributed by atoms with Crippen molar-refractivity contribution in [1.29, 1.82) is 0 Å². The van der Waals surface area contributed by atoms with E-state index in [9.17, 15) is 0 Å². The van der Waals surface area contributed by atoms with Gasteiger partial charge in [-0.3, -0.25) is 0 Å². The average molecular weight is 249 g/mol. The van der Waals surface area contributed by atoms with E-state index in [-0.39, 0.29) is 0 Å². The SMILES string of the molecule is CC(C)CC(CBr)CC1CCCO1. The molecule has 1 nitrogen and oxygen atoms in total. The monoisotopic (exact) mass is 248 g/mol. The second kappa shape index (κ2) is 6.02. The van der Waals surface area contributed by atoms with Gasteiger partial charge in [0, 0.05) is 11.9 Å². The Balaban J connectivity index is 2.21. The zero-order valence-corrected chi connectivity index (χ0v) is 10.3. The summed E-state index contributed by atoms with van der Waals surface area (Å²) in [4.78, 5) is 0. The molecule has 0 aromatic rings. The van der Waals surface area contributed by atoms with Crippen LogP contribution in [0.25, 0.3) is 0 Å². The van der Waals surface area contributed by atoms with Gasteiger partial charge in [0.15, 0.2) is 0 Å². The minimum Gasteiger partial charge on any atom is -0.378 e. The van der Waals surface area contributed by atoms with Crippen molar-refractivity contribution in [3.05, 3.63) is 0 Å². The fourth-order valence-electron chi connectivity index (χ4n) is 2.09. The number of halogens is 1. The van der Waals surface area contributed by atoms with Gasteiger partial charge in [0.1, 0.15) is 0 Å². The summed E-state index contributed by atoms with van der Waals surface area (Å²) in [5.74, 6) is 1.62. The molecule has 2 heteroatoms. The predicted octanol–water partition coefficient (Wildman–Crippen LogP) is 3.61. The largest absolute Gasteiger partial charge is 0.378 e. The first-order chi connectivity index (χ1) is 6.22. The van der Waals surface area contributed by atoms with Crippen LogP contribution < -0.4 is 0 Å². The molecular formula is C11H21BrO. The van der Waals surface area contributed by atoms with Gasteiger partial charge in [-0.2, -0.15) is 0 Å². The lowest BCUT2D eigenvalue weighted by Crippen LogP contribution is -2.15. The first-order valence-electron chi connectivity index (χ1n) is 5.40.